The normalized spacial score (nSPS) is 14.9. The number of carbonyl (C=O) groups is 2. The van der Waals surface area contributed by atoms with Gasteiger partial charge < -0.3 is 9.15 Å². The fourth-order valence-corrected chi connectivity index (χ4v) is 5.19. The molecule has 176 valence electrons. The number of nitro groups is 1. The molecule has 2 aromatic carbocycles. The number of hydrogen-bond donors (Lipinski definition) is 0. The topological polar surface area (TPSA) is 133 Å². The van der Waals surface area contributed by atoms with E-state index in [-0.39, 0.29) is 38.0 Å². The number of nitro benzene ring substituents is 1. The summed E-state index contributed by atoms with van der Waals surface area (Å²) < 4.78 is 10.6. The second kappa shape index (κ2) is 8.29. The number of hydrogen-bond acceptors (Lipinski definition) is 9. The number of esters is 1. The molecule has 1 unspecified atom stereocenters. The van der Waals surface area contributed by atoms with Crippen molar-refractivity contribution in [1.82, 2.24) is 4.98 Å². The van der Waals surface area contributed by atoms with Gasteiger partial charge in [-0.25, -0.2) is 9.78 Å². The van der Waals surface area contributed by atoms with E-state index in [1.54, 1.807) is 6.92 Å². The summed E-state index contributed by atoms with van der Waals surface area (Å²) in [5.41, 5.74) is 0.375. The van der Waals surface area contributed by atoms with E-state index in [0.29, 0.717) is 16.3 Å². The van der Waals surface area contributed by atoms with Crippen LogP contribution in [0.3, 0.4) is 0 Å². The molecule has 0 saturated heterocycles. The molecule has 0 radical (unpaired) electrons. The zero-order chi connectivity index (χ0) is 25.0. The van der Waals surface area contributed by atoms with E-state index in [0.717, 1.165) is 11.3 Å². The number of amides is 1. The molecule has 0 N–H and O–H groups in total. The van der Waals surface area contributed by atoms with Gasteiger partial charge in [0.1, 0.15) is 10.5 Å². The Kier molecular flexibility index (Phi) is 5.37. The number of ether oxygens (including phenoxy) is 1. The van der Waals surface area contributed by atoms with Crippen LogP contribution < -0.4 is 10.3 Å². The number of methoxy groups -OCH3 is 1. The Balaban J connectivity index is 1.77. The third-order valence-electron chi connectivity index (χ3n) is 5.61. The van der Waals surface area contributed by atoms with Crippen molar-refractivity contribution >= 4 is 56.6 Å². The van der Waals surface area contributed by atoms with Crippen LogP contribution in [0.25, 0.3) is 11.0 Å². The van der Waals surface area contributed by atoms with E-state index < -0.39 is 28.3 Å². The minimum Gasteiger partial charge on any atom is -0.465 e. The number of fused-ring (bicyclic) bond motifs is 2. The largest absolute Gasteiger partial charge is 0.465 e. The van der Waals surface area contributed by atoms with Gasteiger partial charge >= 0.3 is 5.97 Å². The van der Waals surface area contributed by atoms with Crippen molar-refractivity contribution in [3.8, 4) is 0 Å². The van der Waals surface area contributed by atoms with Crippen molar-refractivity contribution in [3.63, 3.8) is 0 Å². The highest BCUT2D eigenvalue weighted by Gasteiger charge is 2.45. The van der Waals surface area contributed by atoms with Gasteiger partial charge in [0.05, 0.1) is 34.7 Å². The number of rotatable bonds is 4. The Morgan fingerprint density at radius 1 is 1.23 bits per heavy atom. The maximum absolute atomic E-state index is 13.6. The third kappa shape index (κ3) is 3.56. The van der Waals surface area contributed by atoms with Crippen LogP contribution in [-0.2, 0) is 4.74 Å². The molecule has 3 heterocycles. The maximum atomic E-state index is 13.6. The molecule has 1 aliphatic heterocycles. The number of aromatic nitrogens is 1. The highest BCUT2D eigenvalue weighted by atomic mass is 35.5. The van der Waals surface area contributed by atoms with Gasteiger partial charge in [0.2, 0.25) is 5.76 Å². The molecule has 10 nitrogen and oxygen atoms in total. The van der Waals surface area contributed by atoms with Gasteiger partial charge in [-0.15, -0.1) is 0 Å². The highest BCUT2D eigenvalue weighted by Crippen LogP contribution is 2.43. The number of carbonyl (C=O) groups excluding carboxylic acids is 2. The minimum absolute atomic E-state index is 0.0473. The quantitative estimate of drug-likeness (QED) is 0.219. The second-order valence-corrected chi connectivity index (χ2v) is 9.06. The lowest BCUT2D eigenvalue weighted by atomic mass is 9.98. The van der Waals surface area contributed by atoms with Crippen molar-refractivity contribution in [1.29, 1.82) is 0 Å². The molecular formula is C23H14ClN3O7S. The third-order valence-corrected chi connectivity index (χ3v) is 6.99. The zero-order valence-corrected chi connectivity index (χ0v) is 19.7. The summed E-state index contributed by atoms with van der Waals surface area (Å²) in [7, 11) is 1.23. The predicted molar refractivity (Wildman–Crippen MR) is 127 cm³/mol. The van der Waals surface area contributed by atoms with E-state index in [1.807, 2.05) is 0 Å². The number of nitrogens with zero attached hydrogens (tertiary/aromatic N) is 3. The zero-order valence-electron chi connectivity index (χ0n) is 18.1. The number of non-ortho nitro benzene ring substituents is 1. The molecule has 4 aromatic rings. The van der Waals surface area contributed by atoms with E-state index in [1.165, 1.54) is 54.5 Å². The Morgan fingerprint density at radius 2 is 1.94 bits per heavy atom. The molecule has 1 aliphatic rings. The first-order valence-corrected chi connectivity index (χ1v) is 11.3. The summed E-state index contributed by atoms with van der Waals surface area (Å²) in [6.07, 6.45) is 0. The molecule has 0 saturated carbocycles. The molecule has 1 atom stereocenters. The van der Waals surface area contributed by atoms with Gasteiger partial charge in [0, 0.05) is 17.2 Å². The first-order valence-electron chi connectivity index (χ1n) is 10.1. The van der Waals surface area contributed by atoms with Crippen molar-refractivity contribution in [2.24, 2.45) is 0 Å². The van der Waals surface area contributed by atoms with Gasteiger partial charge in [-0.05, 0) is 42.8 Å². The lowest BCUT2D eigenvalue weighted by Crippen LogP contribution is -2.29. The summed E-state index contributed by atoms with van der Waals surface area (Å²) in [6.45, 7) is 1.60. The minimum atomic E-state index is -1.01. The predicted octanol–water partition coefficient (Wildman–Crippen LogP) is 4.66. The Hall–Kier alpha value is -4.09. The van der Waals surface area contributed by atoms with Crippen molar-refractivity contribution in [2.75, 3.05) is 12.0 Å². The monoisotopic (exact) mass is 511 g/mol. The number of halogens is 1. The molecule has 0 bridgehead atoms. The smallest absolute Gasteiger partial charge is 0.350 e. The Bertz CT molecular complexity index is 1610. The number of benzene rings is 2. The molecular weight excluding hydrogens is 498 g/mol. The summed E-state index contributed by atoms with van der Waals surface area (Å²) in [5, 5.41) is 11.8. The molecule has 12 heteroatoms. The van der Waals surface area contributed by atoms with Crippen LogP contribution in [0.1, 0.15) is 43.1 Å². The van der Waals surface area contributed by atoms with Crippen LogP contribution in [0, 0.1) is 17.0 Å². The van der Waals surface area contributed by atoms with Gasteiger partial charge in [-0.2, -0.15) is 0 Å². The lowest BCUT2D eigenvalue weighted by molar-refractivity contribution is -0.384. The summed E-state index contributed by atoms with van der Waals surface area (Å²) >= 11 is 7.01. The van der Waals surface area contributed by atoms with Crippen LogP contribution in [0.2, 0.25) is 5.02 Å². The Labute approximate surface area is 205 Å². The molecule has 0 fully saturated rings. The van der Waals surface area contributed by atoms with Gasteiger partial charge in [-0.1, -0.05) is 22.9 Å². The molecule has 35 heavy (non-hydrogen) atoms. The average molecular weight is 512 g/mol. The number of thiazole rings is 1. The molecule has 0 aliphatic carbocycles. The average Bonchev–Trinajstić information content (AvgIpc) is 3.36. The lowest BCUT2D eigenvalue weighted by Gasteiger charge is -2.22. The van der Waals surface area contributed by atoms with Crippen molar-refractivity contribution in [3.05, 3.63) is 95.3 Å². The number of anilines is 1. The molecule has 5 rings (SSSR count). The van der Waals surface area contributed by atoms with Gasteiger partial charge in [-0.3, -0.25) is 24.6 Å². The summed E-state index contributed by atoms with van der Waals surface area (Å²) in [4.78, 5) is 55.8. The van der Waals surface area contributed by atoms with Gasteiger partial charge in [0.25, 0.3) is 11.6 Å². The van der Waals surface area contributed by atoms with Crippen molar-refractivity contribution in [2.45, 2.75) is 13.0 Å². The summed E-state index contributed by atoms with van der Waals surface area (Å²) in [5.74, 6) is -1.43. The van der Waals surface area contributed by atoms with E-state index in [9.17, 15) is 24.5 Å². The Morgan fingerprint density at radius 3 is 2.60 bits per heavy atom. The molecule has 1 amide bonds. The standard InChI is InChI=1S/C23H14ClN3O7S/c1-10-20(22(30)33-2)35-23(25-10)26-17(11-3-6-13(7-4-11)27(31)32)16-18(28)14-9-12(24)5-8-15(14)34-19(16)21(26)29/h3-9,17H,1-2H3. The molecule has 0 spiro atoms. The van der Waals surface area contributed by atoms with E-state index >= 15 is 0 Å². The highest BCUT2D eigenvalue weighted by molar-refractivity contribution is 7.17. The van der Waals surface area contributed by atoms with Crippen LogP contribution in [0.15, 0.2) is 51.7 Å². The fraction of sp³-hybridized carbons (Fsp3) is 0.130. The number of aryl methyl sites for hydroxylation is 1. The fourth-order valence-electron chi connectivity index (χ4n) is 4.00. The van der Waals surface area contributed by atoms with Crippen molar-refractivity contribution < 1.29 is 23.7 Å². The van der Waals surface area contributed by atoms with Crippen LogP contribution >= 0.6 is 22.9 Å². The second-order valence-electron chi connectivity index (χ2n) is 7.64. The summed E-state index contributed by atoms with van der Waals surface area (Å²) in [6, 6.07) is 8.96. The van der Waals surface area contributed by atoms with E-state index in [2.05, 4.69) is 4.98 Å². The maximum Gasteiger partial charge on any atom is 0.350 e. The van der Waals surface area contributed by atoms with Crippen LogP contribution in [0.5, 0.6) is 0 Å². The SMILES string of the molecule is COC(=O)c1sc(N2C(=O)c3oc4ccc(Cl)cc4c(=O)c3C2c2ccc([N+](=O)[O-])cc2)nc1C. The first kappa shape index (κ1) is 22.7. The van der Waals surface area contributed by atoms with Gasteiger partial charge in [0.15, 0.2) is 10.6 Å². The molecule has 2 aromatic heterocycles. The van der Waals surface area contributed by atoms with E-state index in [4.69, 9.17) is 20.8 Å². The van der Waals surface area contributed by atoms with Crippen LogP contribution in [0.4, 0.5) is 10.8 Å². The van der Waals surface area contributed by atoms with Crippen LogP contribution in [-0.4, -0.2) is 28.9 Å². The first-order chi connectivity index (χ1) is 16.7.